The van der Waals surface area contributed by atoms with Gasteiger partial charge < -0.3 is 4.57 Å². The summed E-state index contributed by atoms with van der Waals surface area (Å²) in [6.45, 7) is 6.00. The van der Waals surface area contributed by atoms with Gasteiger partial charge in [0.05, 0.1) is 22.9 Å². The smallest absolute Gasteiger partial charge is 0.198 e. The van der Waals surface area contributed by atoms with Crippen molar-refractivity contribution in [3.05, 3.63) is 40.4 Å². The third-order valence-corrected chi connectivity index (χ3v) is 6.14. The first-order valence-corrected chi connectivity index (χ1v) is 10.0. The number of benzene rings is 1. The maximum Gasteiger partial charge on any atom is 0.198 e. The molecule has 0 aliphatic rings. The molecule has 5 nitrogen and oxygen atoms in total. The normalized spacial score (nSPS) is 13.0. The minimum absolute atomic E-state index is 0.213. The van der Waals surface area contributed by atoms with Crippen LogP contribution in [0.15, 0.2) is 30.6 Å². The molecule has 2 heterocycles. The summed E-state index contributed by atoms with van der Waals surface area (Å²) < 4.78 is 5.99. The molecular formula is C18H25N5S2. The molecule has 7 heteroatoms. The Kier molecular flexibility index (Phi) is 5.98. The summed E-state index contributed by atoms with van der Waals surface area (Å²) in [6, 6.07) is 8.49. The van der Waals surface area contributed by atoms with Gasteiger partial charge in [0, 0.05) is 6.54 Å². The SMILES string of the molecule is CCCCCn1cnn(CN(C)[C@@H](C)c2nc3ccccc3s2)c1=S. The molecule has 0 aliphatic carbocycles. The zero-order valence-corrected chi connectivity index (χ0v) is 16.7. The number of aryl methyl sites for hydroxylation is 1. The van der Waals surface area contributed by atoms with E-state index in [0.717, 1.165) is 28.3 Å². The summed E-state index contributed by atoms with van der Waals surface area (Å²) in [5.41, 5.74) is 1.07. The van der Waals surface area contributed by atoms with Crippen molar-refractivity contribution in [1.82, 2.24) is 24.2 Å². The van der Waals surface area contributed by atoms with Gasteiger partial charge in [-0.2, -0.15) is 5.10 Å². The quantitative estimate of drug-likeness (QED) is 0.416. The molecule has 0 radical (unpaired) electrons. The molecule has 0 spiro atoms. The van der Waals surface area contributed by atoms with Gasteiger partial charge in [0.25, 0.3) is 0 Å². The van der Waals surface area contributed by atoms with Crippen LogP contribution in [0.4, 0.5) is 0 Å². The Labute approximate surface area is 157 Å². The topological polar surface area (TPSA) is 38.9 Å². The molecule has 2 aromatic heterocycles. The van der Waals surface area contributed by atoms with Gasteiger partial charge in [-0.1, -0.05) is 31.9 Å². The summed E-state index contributed by atoms with van der Waals surface area (Å²) in [6.07, 6.45) is 5.44. The third-order valence-electron chi connectivity index (χ3n) is 4.49. The van der Waals surface area contributed by atoms with E-state index in [2.05, 4.69) is 53.7 Å². The Morgan fingerprint density at radius 3 is 2.84 bits per heavy atom. The van der Waals surface area contributed by atoms with E-state index in [1.54, 1.807) is 11.3 Å². The summed E-state index contributed by atoms with van der Waals surface area (Å²) in [5.74, 6) is 0. The summed E-state index contributed by atoms with van der Waals surface area (Å²) in [7, 11) is 2.09. The highest BCUT2D eigenvalue weighted by molar-refractivity contribution is 7.71. The highest BCUT2D eigenvalue weighted by atomic mass is 32.1. The van der Waals surface area contributed by atoms with Gasteiger partial charge in [-0.3, -0.25) is 4.90 Å². The van der Waals surface area contributed by atoms with E-state index in [0.29, 0.717) is 6.67 Å². The van der Waals surface area contributed by atoms with Crippen LogP contribution in [0.5, 0.6) is 0 Å². The fraction of sp³-hybridized carbons (Fsp3) is 0.500. The predicted octanol–water partition coefficient (Wildman–Crippen LogP) is 4.86. The fourth-order valence-corrected chi connectivity index (χ4v) is 4.07. The van der Waals surface area contributed by atoms with Crippen molar-refractivity contribution in [2.45, 2.75) is 52.4 Å². The van der Waals surface area contributed by atoms with Crippen LogP contribution >= 0.6 is 23.6 Å². The first-order valence-electron chi connectivity index (χ1n) is 8.78. The molecule has 1 atom stereocenters. The minimum Gasteiger partial charge on any atom is -0.307 e. The molecule has 0 fully saturated rings. The molecule has 0 saturated carbocycles. The van der Waals surface area contributed by atoms with Crippen LogP contribution in [-0.4, -0.2) is 31.3 Å². The number of fused-ring (bicyclic) bond motifs is 1. The highest BCUT2D eigenvalue weighted by Crippen LogP contribution is 2.28. The van der Waals surface area contributed by atoms with Crippen LogP contribution < -0.4 is 0 Å². The van der Waals surface area contributed by atoms with Crippen molar-refractivity contribution in [3.8, 4) is 0 Å². The maximum atomic E-state index is 5.57. The van der Waals surface area contributed by atoms with E-state index in [1.165, 1.54) is 17.5 Å². The Balaban J connectivity index is 1.69. The fourth-order valence-electron chi connectivity index (χ4n) is 2.75. The van der Waals surface area contributed by atoms with Gasteiger partial charge in [-0.05, 0) is 44.7 Å². The van der Waals surface area contributed by atoms with Crippen LogP contribution in [-0.2, 0) is 13.2 Å². The van der Waals surface area contributed by atoms with Gasteiger partial charge >= 0.3 is 0 Å². The predicted molar refractivity (Wildman–Crippen MR) is 106 cm³/mol. The largest absolute Gasteiger partial charge is 0.307 e. The average Bonchev–Trinajstić information content (AvgIpc) is 3.19. The molecular weight excluding hydrogens is 350 g/mol. The second-order valence-electron chi connectivity index (χ2n) is 6.41. The van der Waals surface area contributed by atoms with Crippen molar-refractivity contribution in [2.24, 2.45) is 0 Å². The van der Waals surface area contributed by atoms with Crippen molar-refractivity contribution in [2.75, 3.05) is 7.05 Å². The first kappa shape index (κ1) is 18.2. The zero-order chi connectivity index (χ0) is 17.8. The molecule has 0 unspecified atom stereocenters. The number of thiazole rings is 1. The van der Waals surface area contributed by atoms with Crippen LogP contribution in [0, 0.1) is 4.77 Å². The van der Waals surface area contributed by atoms with E-state index in [9.17, 15) is 0 Å². The van der Waals surface area contributed by atoms with Crippen molar-refractivity contribution < 1.29 is 0 Å². The van der Waals surface area contributed by atoms with Crippen molar-refractivity contribution >= 4 is 33.8 Å². The number of para-hydroxylation sites is 1. The van der Waals surface area contributed by atoms with Gasteiger partial charge in [0.1, 0.15) is 11.3 Å². The molecule has 1 aromatic carbocycles. The number of aromatic nitrogens is 4. The number of nitrogens with zero attached hydrogens (tertiary/aromatic N) is 5. The lowest BCUT2D eigenvalue weighted by Crippen LogP contribution is -2.26. The summed E-state index contributed by atoms with van der Waals surface area (Å²) in [4.78, 5) is 7.00. The second kappa shape index (κ2) is 8.21. The molecule has 134 valence electrons. The summed E-state index contributed by atoms with van der Waals surface area (Å²) >= 11 is 7.33. The highest BCUT2D eigenvalue weighted by Gasteiger charge is 2.17. The van der Waals surface area contributed by atoms with E-state index in [4.69, 9.17) is 17.2 Å². The van der Waals surface area contributed by atoms with Crippen LogP contribution in [0.3, 0.4) is 0 Å². The number of unbranched alkanes of at least 4 members (excludes halogenated alkanes) is 2. The van der Waals surface area contributed by atoms with Gasteiger partial charge in [-0.25, -0.2) is 9.67 Å². The standard InChI is InChI=1S/C18H25N5S2/c1-4-5-8-11-22-12-19-23(18(22)24)13-21(3)14(2)17-20-15-9-6-7-10-16(15)25-17/h6-7,9-10,12,14H,4-5,8,11,13H2,1-3H3/t14-/m0/s1. The minimum atomic E-state index is 0.213. The van der Waals surface area contributed by atoms with E-state index in [1.807, 2.05) is 17.1 Å². The first-order chi connectivity index (χ1) is 12.1. The average molecular weight is 376 g/mol. The van der Waals surface area contributed by atoms with Gasteiger partial charge in [0.15, 0.2) is 4.77 Å². The molecule has 0 aliphatic heterocycles. The lowest BCUT2D eigenvalue weighted by atomic mass is 10.2. The molecule has 25 heavy (non-hydrogen) atoms. The molecule has 0 N–H and O–H groups in total. The van der Waals surface area contributed by atoms with Crippen LogP contribution in [0.25, 0.3) is 10.2 Å². The van der Waals surface area contributed by atoms with Gasteiger partial charge in [0.2, 0.25) is 0 Å². The van der Waals surface area contributed by atoms with Crippen molar-refractivity contribution in [1.29, 1.82) is 0 Å². The number of hydrogen-bond donors (Lipinski definition) is 0. The van der Waals surface area contributed by atoms with Crippen LogP contribution in [0.2, 0.25) is 0 Å². The van der Waals surface area contributed by atoms with E-state index < -0.39 is 0 Å². The molecule has 0 saturated heterocycles. The molecule has 3 rings (SSSR count). The number of hydrogen-bond acceptors (Lipinski definition) is 5. The molecule has 0 amide bonds. The monoisotopic (exact) mass is 375 g/mol. The molecule has 3 aromatic rings. The van der Waals surface area contributed by atoms with E-state index >= 15 is 0 Å². The zero-order valence-electron chi connectivity index (χ0n) is 15.1. The molecule has 0 bridgehead atoms. The van der Waals surface area contributed by atoms with Crippen molar-refractivity contribution in [3.63, 3.8) is 0 Å². The lowest BCUT2D eigenvalue weighted by molar-refractivity contribution is 0.194. The third kappa shape index (κ3) is 4.16. The second-order valence-corrected chi connectivity index (χ2v) is 7.84. The van der Waals surface area contributed by atoms with Gasteiger partial charge in [-0.15, -0.1) is 11.3 Å². The Hall–Kier alpha value is -1.57. The summed E-state index contributed by atoms with van der Waals surface area (Å²) in [5, 5.41) is 5.59. The Bertz CT molecular complexity index is 846. The Morgan fingerprint density at radius 2 is 2.08 bits per heavy atom. The van der Waals surface area contributed by atoms with Crippen LogP contribution in [0.1, 0.15) is 44.2 Å². The Morgan fingerprint density at radius 1 is 1.28 bits per heavy atom. The van der Waals surface area contributed by atoms with E-state index in [-0.39, 0.29) is 6.04 Å². The number of rotatable bonds is 8. The maximum absolute atomic E-state index is 5.57. The lowest BCUT2D eigenvalue weighted by Gasteiger charge is -2.22.